The first-order valence-corrected chi connectivity index (χ1v) is 7.59. The summed E-state index contributed by atoms with van der Waals surface area (Å²) in [6, 6.07) is 6.48. The predicted molar refractivity (Wildman–Crippen MR) is 77.4 cm³/mol. The maximum absolute atomic E-state index is 12.4. The molecule has 2 rings (SSSR count). The average molecular weight is 301 g/mol. The molecule has 0 radical (unpaired) electrons. The Bertz CT molecular complexity index is 439. The van der Waals surface area contributed by atoms with E-state index in [1.54, 1.807) is 18.2 Å². The summed E-state index contributed by atoms with van der Waals surface area (Å²) < 4.78 is 41.2. The minimum absolute atomic E-state index is 0.152. The van der Waals surface area contributed by atoms with Crippen LogP contribution in [0, 0.1) is 5.92 Å². The lowest BCUT2D eigenvalue weighted by molar-refractivity contribution is -0.274. The van der Waals surface area contributed by atoms with E-state index in [-0.39, 0.29) is 11.8 Å². The molecule has 5 heteroatoms. The molecule has 0 bridgehead atoms. The third-order valence-corrected chi connectivity index (χ3v) is 4.02. The Balaban J connectivity index is 1.94. The van der Waals surface area contributed by atoms with E-state index in [1.165, 1.54) is 18.9 Å². The van der Waals surface area contributed by atoms with Crippen LogP contribution in [0.3, 0.4) is 0 Å². The number of hydrogen-bond acceptors (Lipinski definition) is 2. The van der Waals surface area contributed by atoms with Gasteiger partial charge in [0.1, 0.15) is 0 Å². The Hall–Kier alpha value is -1.39. The highest BCUT2D eigenvalue weighted by Crippen LogP contribution is 2.34. The highest BCUT2D eigenvalue weighted by molar-refractivity contribution is 5.56. The Kier molecular flexibility index (Phi) is 5.37. The maximum Gasteiger partial charge on any atom is 0.573 e. The van der Waals surface area contributed by atoms with E-state index in [4.69, 9.17) is 0 Å². The molecule has 0 unspecified atom stereocenters. The van der Waals surface area contributed by atoms with Crippen molar-refractivity contribution in [2.75, 3.05) is 5.32 Å². The molecule has 0 amide bonds. The molecule has 118 valence electrons. The molecule has 1 N–H and O–H groups in total. The van der Waals surface area contributed by atoms with Crippen LogP contribution in [0.4, 0.5) is 18.9 Å². The molecule has 2 nitrogen and oxygen atoms in total. The molecule has 0 spiro atoms. The first-order chi connectivity index (χ1) is 9.98. The number of anilines is 1. The van der Waals surface area contributed by atoms with Gasteiger partial charge in [0.05, 0.1) is 5.69 Å². The summed E-state index contributed by atoms with van der Waals surface area (Å²) in [7, 11) is 0. The summed E-state index contributed by atoms with van der Waals surface area (Å²) in [5, 5.41) is 3.21. The van der Waals surface area contributed by atoms with Crippen molar-refractivity contribution in [3.05, 3.63) is 24.3 Å². The van der Waals surface area contributed by atoms with Crippen LogP contribution in [-0.2, 0) is 0 Å². The van der Waals surface area contributed by atoms with E-state index in [9.17, 15) is 13.2 Å². The molecule has 0 aromatic heterocycles. The second kappa shape index (κ2) is 7.05. The lowest BCUT2D eigenvalue weighted by Gasteiger charge is -2.30. The summed E-state index contributed by atoms with van der Waals surface area (Å²) >= 11 is 0. The molecule has 1 fully saturated rings. The third-order valence-electron chi connectivity index (χ3n) is 4.02. The van der Waals surface area contributed by atoms with Gasteiger partial charge in [0.25, 0.3) is 0 Å². The molecule has 0 atom stereocenters. The summed E-state index contributed by atoms with van der Waals surface area (Å²) in [5.41, 5.74) is 0.425. The fourth-order valence-corrected chi connectivity index (χ4v) is 3.02. The fourth-order valence-electron chi connectivity index (χ4n) is 3.02. The molecule has 1 aliphatic carbocycles. The lowest BCUT2D eigenvalue weighted by atomic mass is 9.83. The average Bonchev–Trinajstić information content (AvgIpc) is 2.42. The third kappa shape index (κ3) is 5.14. The standard InChI is InChI=1S/C16H22F3NO/c1-2-5-12-8-10-13(11-9-12)20-14-6-3-4-7-15(14)21-16(17,18)19/h3-4,6-7,12-13,20H,2,5,8-11H2,1H3. The first-order valence-electron chi connectivity index (χ1n) is 7.59. The minimum atomic E-state index is -4.66. The van der Waals surface area contributed by atoms with E-state index < -0.39 is 6.36 Å². The molecule has 1 aromatic rings. The summed E-state index contributed by atoms with van der Waals surface area (Å²) in [4.78, 5) is 0. The van der Waals surface area contributed by atoms with Crippen LogP contribution in [0.15, 0.2) is 24.3 Å². The van der Waals surface area contributed by atoms with Crippen LogP contribution >= 0.6 is 0 Å². The Morgan fingerprint density at radius 1 is 1.14 bits per heavy atom. The van der Waals surface area contributed by atoms with Crippen molar-refractivity contribution in [3.8, 4) is 5.75 Å². The second-order valence-corrected chi connectivity index (χ2v) is 5.69. The monoisotopic (exact) mass is 301 g/mol. The van der Waals surface area contributed by atoms with Crippen molar-refractivity contribution in [2.45, 2.75) is 57.9 Å². The lowest BCUT2D eigenvalue weighted by Crippen LogP contribution is -2.27. The van der Waals surface area contributed by atoms with Gasteiger partial charge in [-0.1, -0.05) is 31.9 Å². The summed E-state index contributed by atoms with van der Waals surface area (Å²) in [6.07, 6.45) is 2.10. The summed E-state index contributed by atoms with van der Waals surface area (Å²) in [5.74, 6) is 0.621. The van der Waals surface area contributed by atoms with Crippen LogP contribution < -0.4 is 10.1 Å². The fraction of sp³-hybridized carbons (Fsp3) is 0.625. The smallest absolute Gasteiger partial charge is 0.404 e. The Morgan fingerprint density at radius 3 is 2.43 bits per heavy atom. The van der Waals surface area contributed by atoms with Gasteiger partial charge in [0, 0.05) is 6.04 Å². The van der Waals surface area contributed by atoms with Crippen LogP contribution in [0.1, 0.15) is 45.4 Å². The van der Waals surface area contributed by atoms with Crippen LogP contribution in [0.25, 0.3) is 0 Å². The molecule has 0 aliphatic heterocycles. The molecule has 21 heavy (non-hydrogen) atoms. The normalized spacial score (nSPS) is 22.9. The molecule has 0 saturated heterocycles. The van der Waals surface area contributed by atoms with Crippen LogP contribution in [0.2, 0.25) is 0 Å². The van der Waals surface area contributed by atoms with Crippen molar-refractivity contribution in [3.63, 3.8) is 0 Å². The number of alkyl halides is 3. The van der Waals surface area contributed by atoms with E-state index >= 15 is 0 Å². The molecule has 1 aromatic carbocycles. The molecule has 1 aliphatic rings. The van der Waals surface area contributed by atoms with Crippen LogP contribution in [-0.4, -0.2) is 12.4 Å². The van der Waals surface area contributed by atoms with Crippen LogP contribution in [0.5, 0.6) is 5.75 Å². The molecular weight excluding hydrogens is 279 g/mol. The highest BCUT2D eigenvalue weighted by atomic mass is 19.4. The van der Waals surface area contributed by atoms with E-state index in [1.807, 2.05) is 0 Å². The minimum Gasteiger partial charge on any atom is -0.404 e. The maximum atomic E-state index is 12.4. The van der Waals surface area contributed by atoms with Gasteiger partial charge in [-0.3, -0.25) is 0 Å². The SMILES string of the molecule is CCCC1CCC(Nc2ccccc2OC(F)(F)F)CC1. The van der Waals surface area contributed by atoms with Gasteiger partial charge in [-0.25, -0.2) is 0 Å². The zero-order valence-electron chi connectivity index (χ0n) is 12.2. The number of para-hydroxylation sites is 2. The van der Waals surface area contributed by atoms with Crippen molar-refractivity contribution >= 4 is 5.69 Å². The second-order valence-electron chi connectivity index (χ2n) is 5.69. The Labute approximate surface area is 123 Å². The number of rotatable bonds is 5. The van der Waals surface area contributed by atoms with E-state index in [0.717, 1.165) is 31.6 Å². The van der Waals surface area contributed by atoms with Gasteiger partial charge in [0.2, 0.25) is 0 Å². The van der Waals surface area contributed by atoms with Gasteiger partial charge in [-0.05, 0) is 43.7 Å². The summed E-state index contributed by atoms with van der Waals surface area (Å²) in [6.45, 7) is 2.19. The number of nitrogens with one attached hydrogen (secondary N) is 1. The Morgan fingerprint density at radius 2 is 1.81 bits per heavy atom. The zero-order valence-corrected chi connectivity index (χ0v) is 12.2. The zero-order chi connectivity index (χ0) is 15.3. The number of benzene rings is 1. The number of halogens is 3. The predicted octanol–water partition coefficient (Wildman–Crippen LogP) is 5.36. The number of ether oxygens (including phenoxy) is 1. The first kappa shape index (κ1) is 16.0. The van der Waals surface area contributed by atoms with Gasteiger partial charge in [0.15, 0.2) is 5.75 Å². The topological polar surface area (TPSA) is 21.3 Å². The largest absolute Gasteiger partial charge is 0.573 e. The van der Waals surface area contributed by atoms with Gasteiger partial charge in [-0.2, -0.15) is 0 Å². The number of hydrogen-bond donors (Lipinski definition) is 1. The van der Waals surface area contributed by atoms with Crippen molar-refractivity contribution in [2.24, 2.45) is 5.92 Å². The van der Waals surface area contributed by atoms with Crippen molar-refractivity contribution < 1.29 is 17.9 Å². The van der Waals surface area contributed by atoms with Gasteiger partial charge in [-0.15, -0.1) is 13.2 Å². The van der Waals surface area contributed by atoms with Crippen molar-refractivity contribution in [1.82, 2.24) is 0 Å². The van der Waals surface area contributed by atoms with E-state index in [2.05, 4.69) is 17.0 Å². The molecule has 0 heterocycles. The highest BCUT2D eigenvalue weighted by Gasteiger charge is 2.32. The molecule has 1 saturated carbocycles. The quantitative estimate of drug-likeness (QED) is 0.791. The van der Waals surface area contributed by atoms with Crippen molar-refractivity contribution in [1.29, 1.82) is 0 Å². The van der Waals surface area contributed by atoms with Gasteiger partial charge < -0.3 is 10.1 Å². The molecular formula is C16H22F3NO. The van der Waals surface area contributed by atoms with Gasteiger partial charge >= 0.3 is 6.36 Å². The van der Waals surface area contributed by atoms with E-state index in [0.29, 0.717) is 5.69 Å².